The Morgan fingerprint density at radius 3 is 2.38 bits per heavy atom. The third kappa shape index (κ3) is 3.55. The second-order valence-electron chi connectivity index (χ2n) is 7.62. The summed E-state index contributed by atoms with van der Waals surface area (Å²) >= 11 is 0. The van der Waals surface area contributed by atoms with Crippen LogP contribution in [-0.2, 0) is 10.9 Å². The third-order valence-electron chi connectivity index (χ3n) is 5.64. The van der Waals surface area contributed by atoms with E-state index in [4.69, 9.17) is 10.5 Å². The van der Waals surface area contributed by atoms with Gasteiger partial charge in [-0.1, -0.05) is 6.07 Å². The van der Waals surface area contributed by atoms with Gasteiger partial charge in [0.1, 0.15) is 41.9 Å². The van der Waals surface area contributed by atoms with Crippen molar-refractivity contribution in [2.24, 2.45) is 0 Å². The smallest absolute Gasteiger partial charge is 0.386 e. The Kier molecular flexibility index (Phi) is 5.51. The molecule has 0 radical (unpaired) electrons. The summed E-state index contributed by atoms with van der Waals surface area (Å²) in [6.45, 7) is 0. The molecule has 1 aromatic carbocycles. The monoisotopic (exact) mass is 496 g/mol. The predicted molar refractivity (Wildman–Crippen MR) is 99.2 cm³/mol. The number of hydrogen-bond acceptors (Lipinski definition) is 7. The van der Waals surface area contributed by atoms with Gasteiger partial charge in [-0.15, -0.1) is 0 Å². The van der Waals surface area contributed by atoms with Gasteiger partial charge in [-0.05, 0) is 23.8 Å². The van der Waals surface area contributed by atoms with Gasteiger partial charge < -0.3 is 30.4 Å². The van der Waals surface area contributed by atoms with Crippen molar-refractivity contribution in [1.29, 1.82) is 0 Å². The first-order chi connectivity index (χ1) is 15.7. The van der Waals surface area contributed by atoms with Crippen molar-refractivity contribution in [3.05, 3.63) is 53.7 Å². The first-order valence-electron chi connectivity index (χ1n) is 9.42. The average Bonchev–Trinajstić information content (AvgIpc) is 3.27. The minimum absolute atomic E-state index is 0.0425. The highest BCUT2D eigenvalue weighted by molar-refractivity contribution is 5.86. The van der Waals surface area contributed by atoms with Crippen molar-refractivity contribution in [3.8, 4) is 0 Å². The first kappa shape index (κ1) is 24.1. The lowest BCUT2D eigenvalue weighted by molar-refractivity contribution is -0.302. The molecule has 34 heavy (non-hydrogen) atoms. The Labute approximate surface area is 185 Å². The number of nitrogens with zero attached hydrogens (tertiary/aromatic N) is 3. The lowest BCUT2D eigenvalue weighted by Gasteiger charge is -2.35. The lowest BCUT2D eigenvalue weighted by Crippen LogP contribution is -2.60. The van der Waals surface area contributed by atoms with Crippen molar-refractivity contribution in [2.45, 2.75) is 42.5 Å². The molecular formula is C19H15F7N4O4. The molecule has 1 aliphatic rings. The average molecular weight is 496 g/mol. The maximum absolute atomic E-state index is 14.0. The Hall–Kier alpha value is -3.01. The number of ether oxygens (including phenoxy) is 1. The van der Waals surface area contributed by atoms with Crippen LogP contribution >= 0.6 is 0 Å². The normalized spacial score (nSPS) is 26.8. The van der Waals surface area contributed by atoms with E-state index in [0.717, 1.165) is 17.1 Å². The molecule has 0 bridgehead atoms. The number of aromatic nitrogens is 3. The number of hydrogen-bond donors (Lipinski definition) is 4. The van der Waals surface area contributed by atoms with Crippen molar-refractivity contribution in [1.82, 2.24) is 14.5 Å². The minimum atomic E-state index is -5.59. The van der Waals surface area contributed by atoms with E-state index >= 15 is 0 Å². The molecule has 4 rings (SSSR count). The van der Waals surface area contributed by atoms with Crippen molar-refractivity contribution >= 4 is 16.9 Å². The number of aliphatic hydroxyl groups is 3. The second kappa shape index (κ2) is 7.76. The fraction of sp³-hybridized carbons (Fsp3) is 0.368. The van der Waals surface area contributed by atoms with Crippen LogP contribution in [0.2, 0.25) is 0 Å². The van der Waals surface area contributed by atoms with Crippen LogP contribution in [-0.4, -0.2) is 53.8 Å². The zero-order valence-corrected chi connectivity index (χ0v) is 16.6. The second-order valence-corrected chi connectivity index (χ2v) is 7.62. The van der Waals surface area contributed by atoms with E-state index in [1.54, 1.807) is 0 Å². The molecule has 3 heterocycles. The highest BCUT2D eigenvalue weighted by atomic mass is 19.4. The van der Waals surface area contributed by atoms with Crippen LogP contribution in [0.15, 0.2) is 36.8 Å². The third-order valence-corrected chi connectivity index (χ3v) is 5.64. The minimum Gasteiger partial charge on any atom is -0.386 e. The van der Waals surface area contributed by atoms with Gasteiger partial charge in [-0.3, -0.25) is 0 Å². The van der Waals surface area contributed by atoms with Crippen molar-refractivity contribution in [2.75, 3.05) is 5.73 Å². The number of rotatable bonds is 3. The Bertz CT molecular complexity index is 1230. The van der Waals surface area contributed by atoms with Crippen LogP contribution in [0, 0.1) is 5.82 Å². The molecule has 1 aliphatic heterocycles. The number of alkyl halides is 6. The highest BCUT2D eigenvalue weighted by Gasteiger charge is 2.72. The van der Waals surface area contributed by atoms with Gasteiger partial charge in [0.05, 0.1) is 10.9 Å². The van der Waals surface area contributed by atoms with E-state index in [0.29, 0.717) is 6.07 Å². The van der Waals surface area contributed by atoms with Crippen LogP contribution in [0.4, 0.5) is 36.6 Å². The largest absolute Gasteiger partial charge is 0.422 e. The Morgan fingerprint density at radius 1 is 1.12 bits per heavy atom. The van der Waals surface area contributed by atoms with E-state index in [-0.39, 0.29) is 29.0 Å². The fourth-order valence-corrected chi connectivity index (χ4v) is 3.89. The summed E-state index contributed by atoms with van der Waals surface area (Å²) < 4.78 is 100. The molecule has 0 saturated carbocycles. The summed E-state index contributed by atoms with van der Waals surface area (Å²) in [5, 5.41) is 31.7. The molecule has 5 atom stereocenters. The Morgan fingerprint density at radius 2 is 1.79 bits per heavy atom. The zero-order valence-electron chi connectivity index (χ0n) is 16.6. The topological polar surface area (TPSA) is 127 Å². The fourth-order valence-electron chi connectivity index (χ4n) is 3.89. The van der Waals surface area contributed by atoms with Crippen molar-refractivity contribution < 1.29 is 50.8 Å². The SMILES string of the molecule is Nc1ncnc2c1ccn2C1OC([C@H](O)c2ccc(C(F)(F)F)c(F)c2)[C@](O)(C(F)(F)F)[C@H]1O. The number of nitrogens with two attached hydrogens (primary N) is 1. The van der Waals surface area contributed by atoms with Crippen LogP contribution in [0.25, 0.3) is 11.0 Å². The van der Waals surface area contributed by atoms with E-state index in [2.05, 4.69) is 9.97 Å². The van der Waals surface area contributed by atoms with Crippen LogP contribution in [0.1, 0.15) is 23.5 Å². The van der Waals surface area contributed by atoms with Crippen LogP contribution < -0.4 is 5.73 Å². The van der Waals surface area contributed by atoms with Gasteiger partial charge in [0, 0.05) is 6.20 Å². The van der Waals surface area contributed by atoms with Gasteiger partial charge in [-0.2, -0.15) is 26.3 Å². The molecule has 3 aromatic rings. The standard InChI is InChI=1S/C19H15F7N4O4/c20-10-5-7(1-2-9(10)18(21,22)23)11(31)13-17(33,19(24,25)26)12(32)16(34-13)30-4-3-8-14(27)28-6-29-15(8)30/h1-6,11-13,16,31-33H,(H2,27,28,29)/t11-,12+,13?,16?,17+/m1/s1. The molecule has 184 valence electrons. The summed E-state index contributed by atoms with van der Waals surface area (Å²) in [7, 11) is 0. The summed E-state index contributed by atoms with van der Waals surface area (Å²) in [4.78, 5) is 7.58. The number of nitrogen functional groups attached to an aromatic ring is 1. The first-order valence-corrected chi connectivity index (χ1v) is 9.42. The maximum Gasteiger partial charge on any atom is 0.422 e. The summed E-state index contributed by atoms with van der Waals surface area (Å²) in [6, 6.07) is 2.24. The van der Waals surface area contributed by atoms with Crippen LogP contribution in [0.5, 0.6) is 0 Å². The van der Waals surface area contributed by atoms with E-state index < -0.39 is 59.4 Å². The number of fused-ring (bicyclic) bond motifs is 1. The van der Waals surface area contributed by atoms with E-state index in [1.807, 2.05) is 0 Å². The van der Waals surface area contributed by atoms with Gasteiger partial charge in [0.2, 0.25) is 5.60 Å². The van der Waals surface area contributed by atoms with E-state index in [9.17, 15) is 46.1 Å². The highest BCUT2D eigenvalue weighted by Crippen LogP contribution is 2.51. The Balaban J connectivity index is 1.78. The molecule has 0 aliphatic carbocycles. The molecule has 0 spiro atoms. The van der Waals surface area contributed by atoms with Gasteiger partial charge in [0.25, 0.3) is 0 Å². The molecule has 2 unspecified atom stereocenters. The zero-order chi connectivity index (χ0) is 25.2. The number of anilines is 1. The number of halogens is 7. The van der Waals surface area contributed by atoms with E-state index in [1.165, 1.54) is 6.07 Å². The molecule has 1 saturated heterocycles. The molecule has 2 aromatic heterocycles. The molecule has 0 amide bonds. The predicted octanol–water partition coefficient (Wildman–Crippen LogP) is 2.46. The molecule has 15 heteroatoms. The maximum atomic E-state index is 14.0. The molecule has 5 N–H and O–H groups in total. The quantitative estimate of drug-likeness (QED) is 0.411. The number of aliphatic hydroxyl groups excluding tert-OH is 2. The lowest BCUT2D eigenvalue weighted by atomic mass is 9.85. The number of benzene rings is 1. The van der Waals surface area contributed by atoms with Crippen LogP contribution in [0.3, 0.4) is 0 Å². The van der Waals surface area contributed by atoms with Crippen molar-refractivity contribution in [3.63, 3.8) is 0 Å². The summed E-state index contributed by atoms with van der Waals surface area (Å²) in [5.41, 5.74) is -0.964. The van der Waals surface area contributed by atoms with Gasteiger partial charge in [-0.25, -0.2) is 14.4 Å². The molecule has 8 nitrogen and oxygen atoms in total. The molecule has 1 fully saturated rings. The van der Waals surface area contributed by atoms with Gasteiger partial charge in [0.15, 0.2) is 6.23 Å². The van der Waals surface area contributed by atoms with Gasteiger partial charge >= 0.3 is 12.4 Å². The summed E-state index contributed by atoms with van der Waals surface area (Å²) in [6.07, 6.45) is -18.4. The summed E-state index contributed by atoms with van der Waals surface area (Å²) in [5.74, 6) is -1.91. The molecular weight excluding hydrogens is 481 g/mol.